The predicted molar refractivity (Wildman–Crippen MR) is 182 cm³/mol. The van der Waals surface area contributed by atoms with Crippen molar-refractivity contribution in [3.8, 4) is 11.5 Å². The summed E-state index contributed by atoms with van der Waals surface area (Å²) < 4.78 is 28.7. The topological polar surface area (TPSA) is 139 Å². The first kappa shape index (κ1) is 40.1. The summed E-state index contributed by atoms with van der Waals surface area (Å²) in [6, 6.07) is 5.73. The fraction of sp³-hybridized carbons (Fsp3) is 0.750. The number of amides is 3. The molecule has 1 saturated heterocycles. The smallest absolute Gasteiger partial charge is 0.411 e. The number of carbonyl (C=O) groups is 3. The molecule has 1 fully saturated rings. The van der Waals surface area contributed by atoms with Crippen LogP contribution in [0.5, 0.6) is 11.5 Å². The van der Waals surface area contributed by atoms with E-state index >= 15 is 0 Å². The Labute approximate surface area is 282 Å². The van der Waals surface area contributed by atoms with Crippen LogP contribution in [0.1, 0.15) is 80.2 Å². The number of ether oxygens (including phenoxy) is 5. The van der Waals surface area contributed by atoms with Gasteiger partial charge in [-0.1, -0.05) is 47.6 Å². The number of methoxy groups -OCH3 is 2. The molecule has 268 valence electrons. The van der Waals surface area contributed by atoms with Gasteiger partial charge in [0.1, 0.15) is 6.73 Å². The zero-order chi connectivity index (χ0) is 35.3. The van der Waals surface area contributed by atoms with Crippen LogP contribution in [0.3, 0.4) is 0 Å². The number of carbonyl (C=O) groups excluding carboxylic acids is 3. The molecule has 0 aliphatic carbocycles. The van der Waals surface area contributed by atoms with Crippen LogP contribution in [-0.2, 0) is 30.2 Å². The van der Waals surface area contributed by atoms with Crippen molar-refractivity contribution < 1.29 is 38.1 Å². The molecule has 4 unspecified atom stereocenters. The second kappa shape index (κ2) is 19.1. The van der Waals surface area contributed by atoms with E-state index < -0.39 is 23.3 Å². The summed E-state index contributed by atoms with van der Waals surface area (Å²) in [5.41, 5.74) is 5.76. The first-order valence-corrected chi connectivity index (χ1v) is 17.0. The van der Waals surface area contributed by atoms with E-state index in [0.29, 0.717) is 44.2 Å². The minimum atomic E-state index is -0.874. The Morgan fingerprint density at radius 3 is 2.30 bits per heavy atom. The quantitative estimate of drug-likeness (QED) is 0.176. The number of hydrogen-bond donors (Lipinski definition) is 2. The molecule has 3 N–H and O–H groups in total. The molecule has 1 aromatic carbocycles. The van der Waals surface area contributed by atoms with E-state index in [1.165, 1.54) is 0 Å². The highest BCUT2D eigenvalue weighted by molar-refractivity contribution is 5.83. The van der Waals surface area contributed by atoms with Gasteiger partial charge in [-0.25, -0.2) is 4.79 Å². The van der Waals surface area contributed by atoms with Crippen molar-refractivity contribution in [3.63, 3.8) is 0 Å². The molecular formula is C36H61N3O8. The lowest BCUT2D eigenvalue weighted by Crippen LogP contribution is -2.47. The third kappa shape index (κ3) is 12.5. The molecule has 0 aromatic heterocycles. The molecule has 3 amide bonds. The van der Waals surface area contributed by atoms with E-state index in [2.05, 4.69) is 25.2 Å². The Kier molecular flexibility index (Phi) is 16.3. The average molecular weight is 664 g/mol. The van der Waals surface area contributed by atoms with Crippen LogP contribution in [-0.4, -0.2) is 82.3 Å². The molecule has 1 aliphatic rings. The Morgan fingerprint density at radius 1 is 1.02 bits per heavy atom. The molecule has 1 aromatic rings. The molecule has 47 heavy (non-hydrogen) atoms. The molecule has 1 aliphatic heterocycles. The SMILES string of the molecule is COCCCOc1cc(CC(CC2C(CC(C(=O)NCC(C)(C)C(N)=O)C(C)C)OCN2C(=O)OCC(C)C)C(C)C)ccc1OC. The highest BCUT2D eigenvalue weighted by atomic mass is 16.6. The minimum Gasteiger partial charge on any atom is -0.493 e. The average Bonchev–Trinajstić information content (AvgIpc) is 3.41. The van der Waals surface area contributed by atoms with Gasteiger partial charge in [-0.2, -0.15) is 0 Å². The first-order valence-electron chi connectivity index (χ1n) is 17.0. The van der Waals surface area contributed by atoms with E-state index in [1.54, 1.807) is 33.0 Å². The highest BCUT2D eigenvalue weighted by Crippen LogP contribution is 2.36. The largest absolute Gasteiger partial charge is 0.493 e. The van der Waals surface area contributed by atoms with Crippen LogP contribution >= 0.6 is 0 Å². The number of primary amides is 1. The van der Waals surface area contributed by atoms with Gasteiger partial charge in [-0.3, -0.25) is 14.5 Å². The lowest BCUT2D eigenvalue weighted by molar-refractivity contribution is -0.130. The van der Waals surface area contributed by atoms with Crippen molar-refractivity contribution in [2.45, 2.75) is 93.2 Å². The van der Waals surface area contributed by atoms with Crippen LogP contribution in [0.4, 0.5) is 4.79 Å². The van der Waals surface area contributed by atoms with Gasteiger partial charge in [0, 0.05) is 32.6 Å². The Hall–Kier alpha value is -3.05. The number of benzene rings is 1. The summed E-state index contributed by atoms with van der Waals surface area (Å²) in [5.74, 6) is 1.00. The fourth-order valence-electron chi connectivity index (χ4n) is 5.61. The molecule has 0 radical (unpaired) electrons. The molecule has 4 atom stereocenters. The maximum atomic E-state index is 13.5. The number of rotatable bonds is 20. The van der Waals surface area contributed by atoms with Crippen LogP contribution in [0.2, 0.25) is 0 Å². The second-order valence-electron chi connectivity index (χ2n) is 14.5. The van der Waals surface area contributed by atoms with Gasteiger partial charge in [-0.05, 0) is 74.5 Å². The summed E-state index contributed by atoms with van der Waals surface area (Å²) in [4.78, 5) is 40.4. The van der Waals surface area contributed by atoms with Gasteiger partial charge in [0.15, 0.2) is 11.5 Å². The third-order valence-electron chi connectivity index (χ3n) is 8.99. The number of nitrogens with one attached hydrogen (secondary N) is 1. The van der Waals surface area contributed by atoms with E-state index in [4.69, 9.17) is 29.4 Å². The van der Waals surface area contributed by atoms with Gasteiger partial charge in [0.2, 0.25) is 11.8 Å². The standard InChI is InChI=1S/C36H61N3O8/c1-23(2)20-46-35(42)39-22-47-31(19-28(25(5)6)33(40)38-21-36(7,8)34(37)41)29(39)18-27(24(3)4)16-26-12-13-30(44-10)32(17-26)45-15-11-14-43-9/h12-13,17,23-25,27-29,31H,11,14-16,18-22H2,1-10H3,(H2,37,41)(H,38,40). The number of nitrogens with zero attached hydrogens (tertiary/aromatic N) is 1. The summed E-state index contributed by atoms with van der Waals surface area (Å²) >= 11 is 0. The molecule has 0 saturated carbocycles. The Bertz CT molecular complexity index is 1140. The van der Waals surface area contributed by atoms with E-state index in [9.17, 15) is 14.4 Å². The van der Waals surface area contributed by atoms with Crippen molar-refractivity contribution in [1.82, 2.24) is 10.2 Å². The number of hydrogen-bond acceptors (Lipinski definition) is 8. The van der Waals surface area contributed by atoms with Crippen LogP contribution in [0.25, 0.3) is 0 Å². The first-order chi connectivity index (χ1) is 22.1. The van der Waals surface area contributed by atoms with Crippen LogP contribution in [0.15, 0.2) is 18.2 Å². The summed E-state index contributed by atoms with van der Waals surface area (Å²) in [5, 5.41) is 2.94. The predicted octanol–water partition coefficient (Wildman–Crippen LogP) is 5.42. The lowest BCUT2D eigenvalue weighted by Gasteiger charge is -2.33. The zero-order valence-corrected chi connectivity index (χ0v) is 30.4. The lowest BCUT2D eigenvalue weighted by atomic mass is 9.80. The summed E-state index contributed by atoms with van der Waals surface area (Å²) in [7, 11) is 3.30. The summed E-state index contributed by atoms with van der Waals surface area (Å²) in [6.45, 7) is 17.5. The van der Waals surface area contributed by atoms with Crippen LogP contribution < -0.4 is 20.5 Å². The second-order valence-corrected chi connectivity index (χ2v) is 14.5. The van der Waals surface area contributed by atoms with Crippen molar-refractivity contribution in [2.24, 2.45) is 40.7 Å². The molecule has 2 rings (SSSR count). The third-order valence-corrected chi connectivity index (χ3v) is 8.99. The highest BCUT2D eigenvalue weighted by Gasteiger charge is 2.43. The van der Waals surface area contributed by atoms with E-state index in [1.807, 2.05) is 39.8 Å². The molecule has 0 spiro atoms. The van der Waals surface area contributed by atoms with E-state index in [-0.39, 0.29) is 55.0 Å². The minimum absolute atomic E-state index is 0.000359. The van der Waals surface area contributed by atoms with Gasteiger partial charge in [0.05, 0.1) is 37.9 Å². The van der Waals surface area contributed by atoms with Gasteiger partial charge in [0.25, 0.3) is 0 Å². The normalized spacial score (nSPS) is 18.0. The maximum Gasteiger partial charge on any atom is 0.411 e. The van der Waals surface area contributed by atoms with Crippen molar-refractivity contribution in [3.05, 3.63) is 23.8 Å². The Morgan fingerprint density at radius 2 is 1.72 bits per heavy atom. The number of nitrogens with two attached hydrogens (primary N) is 1. The van der Waals surface area contributed by atoms with E-state index in [0.717, 1.165) is 18.4 Å². The molecule has 11 nitrogen and oxygen atoms in total. The van der Waals surface area contributed by atoms with Gasteiger partial charge in [-0.15, -0.1) is 0 Å². The summed E-state index contributed by atoms with van der Waals surface area (Å²) in [6.07, 6.45) is 1.83. The molecular weight excluding hydrogens is 602 g/mol. The van der Waals surface area contributed by atoms with Crippen molar-refractivity contribution in [1.29, 1.82) is 0 Å². The maximum absolute atomic E-state index is 13.5. The zero-order valence-electron chi connectivity index (χ0n) is 30.4. The molecule has 11 heteroatoms. The van der Waals surface area contributed by atoms with Gasteiger partial charge >= 0.3 is 6.09 Å². The molecule has 1 heterocycles. The fourth-order valence-corrected chi connectivity index (χ4v) is 5.61. The van der Waals surface area contributed by atoms with Crippen molar-refractivity contribution >= 4 is 17.9 Å². The van der Waals surface area contributed by atoms with Crippen LogP contribution in [0, 0.1) is 35.0 Å². The Balaban J connectivity index is 2.33. The molecule has 0 bridgehead atoms. The van der Waals surface area contributed by atoms with Crippen molar-refractivity contribution in [2.75, 3.05) is 47.3 Å². The monoisotopic (exact) mass is 663 g/mol. The van der Waals surface area contributed by atoms with Gasteiger partial charge < -0.3 is 34.7 Å².